The van der Waals surface area contributed by atoms with E-state index in [-0.39, 0.29) is 11.8 Å². The molecule has 0 saturated heterocycles. The summed E-state index contributed by atoms with van der Waals surface area (Å²) in [6, 6.07) is 5.70. The first kappa shape index (κ1) is 20.2. The van der Waals surface area contributed by atoms with Gasteiger partial charge in [-0.2, -0.15) is 0 Å². The lowest BCUT2D eigenvalue weighted by molar-refractivity contribution is 0.0249. The van der Waals surface area contributed by atoms with Crippen LogP contribution in [-0.2, 0) is 4.74 Å². The van der Waals surface area contributed by atoms with Gasteiger partial charge in [0.25, 0.3) is 12.3 Å². The number of imidazole rings is 1. The lowest BCUT2D eigenvalue weighted by atomic mass is 9.80. The second-order valence-corrected chi connectivity index (χ2v) is 7.14. The Morgan fingerprint density at radius 2 is 2.10 bits per heavy atom. The van der Waals surface area contributed by atoms with Crippen molar-refractivity contribution >= 4 is 17.2 Å². The summed E-state index contributed by atoms with van der Waals surface area (Å²) in [5, 5.41) is 2.71. The second kappa shape index (κ2) is 8.35. The number of nitrogens with zero attached hydrogens (tertiary/aromatic N) is 3. The highest BCUT2D eigenvalue weighted by Crippen LogP contribution is 2.38. The third kappa shape index (κ3) is 3.97. The number of anilines is 1. The van der Waals surface area contributed by atoms with Gasteiger partial charge in [0, 0.05) is 31.5 Å². The van der Waals surface area contributed by atoms with Crippen molar-refractivity contribution in [3.63, 3.8) is 0 Å². The minimum atomic E-state index is -2.75. The third-order valence-electron chi connectivity index (χ3n) is 5.19. The van der Waals surface area contributed by atoms with Crippen molar-refractivity contribution in [1.82, 2.24) is 14.4 Å². The Morgan fingerprint density at radius 3 is 2.80 bits per heavy atom. The van der Waals surface area contributed by atoms with Crippen LogP contribution in [0.5, 0.6) is 5.75 Å². The second-order valence-electron chi connectivity index (χ2n) is 7.14. The van der Waals surface area contributed by atoms with Crippen LogP contribution in [0.1, 0.15) is 54.0 Å². The van der Waals surface area contributed by atoms with Crippen molar-refractivity contribution in [2.75, 3.05) is 19.0 Å². The SMILES string of the molecule is CCOc1cc2nc(C3CC(OC)C3)cn2cc1NC(=O)c1cccc(C(F)F)n1. The molecule has 0 spiro atoms. The van der Waals surface area contributed by atoms with Crippen LogP contribution in [0.25, 0.3) is 5.65 Å². The average Bonchev–Trinajstić information content (AvgIpc) is 3.09. The number of alkyl halides is 2. The van der Waals surface area contributed by atoms with Gasteiger partial charge < -0.3 is 19.2 Å². The number of amides is 1. The fraction of sp³-hybridized carbons (Fsp3) is 0.381. The van der Waals surface area contributed by atoms with Gasteiger partial charge in [-0.15, -0.1) is 0 Å². The molecule has 7 nitrogen and oxygen atoms in total. The molecular weight excluding hydrogens is 394 g/mol. The summed E-state index contributed by atoms with van der Waals surface area (Å²) in [5.41, 5.74) is 1.52. The highest BCUT2D eigenvalue weighted by Gasteiger charge is 2.32. The maximum Gasteiger partial charge on any atom is 0.280 e. The molecule has 9 heteroatoms. The number of fused-ring (bicyclic) bond motifs is 1. The molecule has 0 aliphatic heterocycles. The summed E-state index contributed by atoms with van der Waals surface area (Å²) < 4.78 is 38.6. The predicted molar refractivity (Wildman–Crippen MR) is 106 cm³/mol. The summed E-state index contributed by atoms with van der Waals surface area (Å²) in [6.07, 6.45) is 3.00. The molecule has 1 aliphatic rings. The normalized spacial score (nSPS) is 18.4. The molecule has 30 heavy (non-hydrogen) atoms. The van der Waals surface area contributed by atoms with E-state index in [4.69, 9.17) is 9.47 Å². The number of ether oxygens (including phenoxy) is 2. The van der Waals surface area contributed by atoms with Gasteiger partial charge in [0.1, 0.15) is 28.5 Å². The van der Waals surface area contributed by atoms with Crippen molar-refractivity contribution < 1.29 is 23.0 Å². The first-order chi connectivity index (χ1) is 14.5. The van der Waals surface area contributed by atoms with E-state index >= 15 is 0 Å². The molecule has 1 fully saturated rings. The van der Waals surface area contributed by atoms with Gasteiger partial charge in [-0.3, -0.25) is 4.79 Å². The van der Waals surface area contributed by atoms with Gasteiger partial charge in [0.15, 0.2) is 0 Å². The maximum absolute atomic E-state index is 12.9. The molecule has 3 aromatic rings. The molecule has 1 aliphatic carbocycles. The summed E-state index contributed by atoms with van der Waals surface area (Å²) in [5.74, 6) is 0.189. The molecule has 0 atom stereocenters. The monoisotopic (exact) mass is 416 g/mol. The number of halogens is 2. The zero-order chi connectivity index (χ0) is 21.3. The van der Waals surface area contributed by atoms with Crippen LogP contribution < -0.4 is 10.1 Å². The predicted octanol–water partition coefficient (Wildman–Crippen LogP) is 4.21. The quantitative estimate of drug-likeness (QED) is 0.624. The van der Waals surface area contributed by atoms with E-state index in [0.717, 1.165) is 18.5 Å². The van der Waals surface area contributed by atoms with Crippen LogP contribution in [0.15, 0.2) is 36.7 Å². The first-order valence-electron chi connectivity index (χ1n) is 9.73. The zero-order valence-corrected chi connectivity index (χ0v) is 16.6. The molecule has 0 aromatic carbocycles. The van der Waals surface area contributed by atoms with Crippen LogP contribution >= 0.6 is 0 Å². The Morgan fingerprint density at radius 1 is 1.30 bits per heavy atom. The highest BCUT2D eigenvalue weighted by atomic mass is 19.3. The minimum Gasteiger partial charge on any atom is -0.491 e. The lowest BCUT2D eigenvalue weighted by Gasteiger charge is -2.32. The number of hydrogen-bond acceptors (Lipinski definition) is 5. The van der Waals surface area contributed by atoms with Crippen molar-refractivity contribution in [2.24, 2.45) is 0 Å². The lowest BCUT2D eigenvalue weighted by Crippen LogP contribution is -2.28. The number of nitrogens with one attached hydrogen (secondary N) is 1. The van der Waals surface area contributed by atoms with Gasteiger partial charge in [0.2, 0.25) is 0 Å². The Kier molecular flexibility index (Phi) is 5.63. The number of carbonyl (C=O) groups is 1. The number of aromatic nitrogens is 3. The molecule has 0 unspecified atom stereocenters. The number of carbonyl (C=O) groups excluding carboxylic acids is 1. The number of pyridine rings is 2. The Balaban J connectivity index is 1.61. The molecule has 1 amide bonds. The molecule has 3 aromatic heterocycles. The topological polar surface area (TPSA) is 77.8 Å². The number of hydrogen-bond donors (Lipinski definition) is 1. The van der Waals surface area contributed by atoms with Crippen LogP contribution in [0, 0.1) is 0 Å². The first-order valence-corrected chi connectivity index (χ1v) is 9.73. The van der Waals surface area contributed by atoms with Crippen LogP contribution in [0.3, 0.4) is 0 Å². The smallest absolute Gasteiger partial charge is 0.280 e. The van der Waals surface area contributed by atoms with Crippen LogP contribution in [0.2, 0.25) is 0 Å². The summed E-state index contributed by atoms with van der Waals surface area (Å²) in [4.78, 5) is 21.0. The van der Waals surface area contributed by atoms with Crippen LogP contribution in [0.4, 0.5) is 14.5 Å². The van der Waals surface area contributed by atoms with E-state index < -0.39 is 18.0 Å². The van der Waals surface area contributed by atoms with E-state index in [1.54, 1.807) is 19.4 Å². The van der Waals surface area contributed by atoms with E-state index in [1.165, 1.54) is 18.2 Å². The number of rotatable bonds is 7. The zero-order valence-electron chi connectivity index (χ0n) is 16.6. The molecule has 0 radical (unpaired) electrons. The Labute approximate surface area is 172 Å². The molecule has 0 bridgehead atoms. The van der Waals surface area contributed by atoms with E-state index in [9.17, 15) is 13.6 Å². The largest absolute Gasteiger partial charge is 0.491 e. The van der Waals surface area contributed by atoms with Gasteiger partial charge >= 0.3 is 0 Å². The van der Waals surface area contributed by atoms with Gasteiger partial charge in [-0.1, -0.05) is 6.07 Å². The van der Waals surface area contributed by atoms with Gasteiger partial charge in [-0.25, -0.2) is 18.7 Å². The average molecular weight is 416 g/mol. The molecule has 4 rings (SSSR count). The summed E-state index contributed by atoms with van der Waals surface area (Å²) in [6.45, 7) is 2.23. The number of methoxy groups -OCH3 is 1. The van der Waals surface area contributed by atoms with Crippen molar-refractivity contribution in [2.45, 2.75) is 38.2 Å². The fourth-order valence-electron chi connectivity index (χ4n) is 3.49. The Hall–Kier alpha value is -3.07. The minimum absolute atomic E-state index is 0.0956. The molecule has 3 heterocycles. The standard InChI is InChI=1S/C21H22F2N4O3/c1-3-30-18-9-19-25-16(12-7-13(8-12)29-2)10-27(19)11-17(18)26-21(28)15-6-4-5-14(24-15)20(22)23/h4-6,9-13,20H,3,7-8H2,1-2H3,(H,26,28). The Bertz CT molecular complexity index is 1060. The van der Waals surface area contributed by atoms with E-state index in [1.807, 2.05) is 17.5 Å². The van der Waals surface area contributed by atoms with Crippen molar-refractivity contribution in [3.8, 4) is 5.75 Å². The maximum atomic E-state index is 12.9. The summed E-state index contributed by atoms with van der Waals surface area (Å²) in [7, 11) is 1.71. The molecular formula is C21H22F2N4O3. The fourth-order valence-corrected chi connectivity index (χ4v) is 3.49. The van der Waals surface area contributed by atoms with Crippen LogP contribution in [-0.4, -0.2) is 40.1 Å². The highest BCUT2D eigenvalue weighted by molar-refractivity contribution is 6.03. The van der Waals surface area contributed by atoms with Crippen molar-refractivity contribution in [1.29, 1.82) is 0 Å². The summed E-state index contributed by atoms with van der Waals surface area (Å²) >= 11 is 0. The van der Waals surface area contributed by atoms with Gasteiger partial charge in [-0.05, 0) is 31.9 Å². The van der Waals surface area contributed by atoms with Gasteiger partial charge in [0.05, 0.1) is 18.4 Å². The molecule has 1 N–H and O–H groups in total. The third-order valence-corrected chi connectivity index (χ3v) is 5.19. The van der Waals surface area contributed by atoms with E-state index in [2.05, 4.69) is 15.3 Å². The molecule has 158 valence electrons. The van der Waals surface area contributed by atoms with Crippen molar-refractivity contribution in [3.05, 3.63) is 53.7 Å². The molecule has 1 saturated carbocycles. The van der Waals surface area contributed by atoms with E-state index in [0.29, 0.717) is 29.6 Å².